The number of aliphatic hydroxyl groups is 3. The first-order valence-corrected chi connectivity index (χ1v) is 14.0. The fourth-order valence-corrected chi connectivity index (χ4v) is 2.92. The van der Waals surface area contributed by atoms with E-state index < -0.39 is 10.4 Å². The summed E-state index contributed by atoms with van der Waals surface area (Å²) in [4.78, 5) is 9.77. The summed E-state index contributed by atoms with van der Waals surface area (Å²) in [7, 11) is -3.68. The highest BCUT2D eigenvalue weighted by atomic mass is 32.3. The minimum absolute atomic E-state index is 0. The molecular formula is C25H58O8S. The monoisotopic (exact) mass is 518 g/mol. The van der Waals surface area contributed by atoms with Gasteiger partial charge in [-0.25, -0.2) is 8.37 Å². The van der Waals surface area contributed by atoms with E-state index in [9.17, 15) is 13.2 Å². The Bertz CT molecular complexity index is 381. The molecule has 0 aliphatic rings. The van der Waals surface area contributed by atoms with E-state index in [1.807, 2.05) is 0 Å². The molecule has 0 unspecified atom stereocenters. The highest BCUT2D eigenvalue weighted by molar-refractivity contribution is 7.81. The summed E-state index contributed by atoms with van der Waals surface area (Å²) in [5.41, 5.74) is 0. The highest BCUT2D eigenvalue weighted by Crippen LogP contribution is 2.01. The number of carbonyl (C=O) groups is 1. The van der Waals surface area contributed by atoms with E-state index in [4.69, 9.17) is 15.3 Å². The van der Waals surface area contributed by atoms with Crippen molar-refractivity contribution < 1.29 is 36.9 Å². The van der Waals surface area contributed by atoms with Gasteiger partial charge >= 0.3 is 10.4 Å². The van der Waals surface area contributed by atoms with Crippen molar-refractivity contribution in [3.63, 3.8) is 0 Å². The third-order valence-electron chi connectivity index (χ3n) is 4.03. The Hall–Kier alpha value is -0.580. The number of unbranched alkanes of at least 4 members (excludes halogenated alkanes) is 11. The van der Waals surface area contributed by atoms with E-state index in [2.05, 4.69) is 22.2 Å². The molecule has 0 aliphatic carbocycles. The highest BCUT2D eigenvalue weighted by Gasteiger charge is 2.06. The molecule has 34 heavy (non-hydrogen) atoms. The second-order valence-corrected chi connectivity index (χ2v) is 8.52. The Kier molecular flexibility index (Phi) is 54.4. The number of aliphatic hydroxyl groups excluding tert-OH is 3. The van der Waals surface area contributed by atoms with Crippen LogP contribution in [0.5, 0.6) is 0 Å². The van der Waals surface area contributed by atoms with Crippen molar-refractivity contribution in [3.05, 3.63) is 0 Å². The largest absolute Gasteiger partial charge is 0.399 e. The summed E-state index contributed by atoms with van der Waals surface area (Å²) in [6.45, 7) is 8.68. The summed E-state index contributed by atoms with van der Waals surface area (Å²) in [5.74, 6) is 0. The van der Waals surface area contributed by atoms with Crippen LogP contribution in [-0.4, -0.2) is 63.1 Å². The van der Waals surface area contributed by atoms with E-state index in [-0.39, 0.29) is 33.9 Å². The first-order chi connectivity index (χ1) is 15.9. The first-order valence-electron chi connectivity index (χ1n) is 12.7. The average molecular weight is 519 g/mol. The molecule has 0 spiro atoms. The second-order valence-electron chi connectivity index (χ2n) is 7.24. The Labute approximate surface area is 211 Å². The lowest BCUT2D eigenvalue weighted by atomic mass is 10.2. The summed E-state index contributed by atoms with van der Waals surface area (Å²) >= 11 is 0. The summed E-state index contributed by atoms with van der Waals surface area (Å²) in [6, 6.07) is 0. The fraction of sp³-hybridized carbons (Fsp3) is 0.960. The minimum atomic E-state index is -3.68. The Morgan fingerprint density at radius 3 is 1.18 bits per heavy atom. The molecule has 0 aromatic carbocycles. The van der Waals surface area contributed by atoms with Gasteiger partial charge in [0.1, 0.15) is 6.29 Å². The minimum Gasteiger partial charge on any atom is -0.396 e. The third-order valence-corrected chi connectivity index (χ3v) is 5.08. The molecule has 0 heterocycles. The average Bonchev–Trinajstić information content (AvgIpc) is 2.79. The molecule has 212 valence electrons. The van der Waals surface area contributed by atoms with Crippen molar-refractivity contribution in [1.82, 2.24) is 0 Å². The van der Waals surface area contributed by atoms with Gasteiger partial charge in [0.2, 0.25) is 0 Å². The molecule has 0 bridgehead atoms. The van der Waals surface area contributed by atoms with Gasteiger partial charge in [0.05, 0.1) is 13.2 Å². The van der Waals surface area contributed by atoms with Crippen LogP contribution in [0.3, 0.4) is 0 Å². The Morgan fingerprint density at radius 1 is 0.588 bits per heavy atom. The molecule has 0 amide bonds. The molecular weight excluding hydrogens is 460 g/mol. The van der Waals surface area contributed by atoms with Crippen LogP contribution in [0.1, 0.15) is 125 Å². The van der Waals surface area contributed by atoms with Gasteiger partial charge in [0.15, 0.2) is 0 Å². The maximum absolute atomic E-state index is 10.4. The van der Waals surface area contributed by atoms with Gasteiger partial charge < -0.3 is 20.1 Å². The molecule has 0 atom stereocenters. The number of hydrogen-bond donors (Lipinski definition) is 3. The molecule has 0 saturated carbocycles. The van der Waals surface area contributed by atoms with Gasteiger partial charge in [-0.2, -0.15) is 8.42 Å². The molecule has 9 heteroatoms. The number of aldehydes is 1. The number of carbonyl (C=O) groups excluding carboxylic acids is 1. The van der Waals surface area contributed by atoms with E-state index in [1.54, 1.807) is 13.8 Å². The topological polar surface area (TPSA) is 130 Å². The summed E-state index contributed by atoms with van der Waals surface area (Å²) < 4.78 is 29.2. The maximum Gasteiger partial charge on any atom is 0.399 e. The van der Waals surface area contributed by atoms with Crippen molar-refractivity contribution in [1.29, 1.82) is 0 Å². The van der Waals surface area contributed by atoms with Gasteiger partial charge in [-0.15, -0.1) is 0 Å². The lowest BCUT2D eigenvalue weighted by Gasteiger charge is -1.99. The molecule has 0 rings (SSSR count). The molecule has 3 N–H and O–H groups in total. The second kappa shape index (κ2) is 42.6. The number of rotatable bonds is 19. The molecule has 0 aromatic heterocycles. The maximum atomic E-state index is 10.4. The lowest BCUT2D eigenvalue weighted by molar-refractivity contribution is -0.107. The van der Waals surface area contributed by atoms with Crippen LogP contribution in [0, 0.1) is 0 Å². The van der Waals surface area contributed by atoms with Crippen molar-refractivity contribution in [2.75, 3.05) is 33.0 Å². The smallest absolute Gasteiger partial charge is 0.396 e. The van der Waals surface area contributed by atoms with E-state index in [0.717, 1.165) is 51.2 Å². The summed E-state index contributed by atoms with van der Waals surface area (Å²) in [6.07, 6.45) is 16.5. The van der Waals surface area contributed by atoms with E-state index >= 15 is 0 Å². The van der Waals surface area contributed by atoms with Gasteiger partial charge in [-0.3, -0.25) is 0 Å². The van der Waals surface area contributed by atoms with Gasteiger partial charge in [0, 0.05) is 26.2 Å². The van der Waals surface area contributed by atoms with Crippen LogP contribution in [-0.2, 0) is 23.6 Å². The van der Waals surface area contributed by atoms with Gasteiger partial charge in [-0.1, -0.05) is 79.1 Å². The predicted octanol–water partition coefficient (Wildman–Crippen LogP) is 5.58. The van der Waals surface area contributed by atoms with Crippen molar-refractivity contribution in [2.45, 2.75) is 125 Å². The third kappa shape index (κ3) is 57.8. The Balaban J connectivity index is -0.000000109. The standard InChI is InChI=1S/C7H16O.C7H14O.C6H14O2.C4H10O4S.CH4/c2*1-2-3-4-5-6-7-8;7-5-3-1-2-4-6-8;1-3-7-9(5,6)8-4-2;/h8H,2-7H2,1H3;7H,2-6H2,1H3;7-8H,1-6H2;3-4H2,1-2H3;1H4. The van der Waals surface area contributed by atoms with Crippen LogP contribution < -0.4 is 0 Å². The Morgan fingerprint density at radius 2 is 0.912 bits per heavy atom. The van der Waals surface area contributed by atoms with Crippen LogP contribution in [0.4, 0.5) is 0 Å². The first kappa shape index (κ1) is 43.5. The molecule has 8 nitrogen and oxygen atoms in total. The molecule has 0 saturated heterocycles. The fourth-order valence-electron chi connectivity index (χ4n) is 2.27. The zero-order valence-corrected chi connectivity index (χ0v) is 22.6. The zero-order valence-electron chi connectivity index (χ0n) is 21.8. The lowest BCUT2D eigenvalue weighted by Crippen LogP contribution is -2.09. The molecule has 0 fully saturated rings. The predicted molar refractivity (Wildman–Crippen MR) is 142 cm³/mol. The van der Waals surface area contributed by atoms with Crippen molar-refractivity contribution in [3.8, 4) is 0 Å². The van der Waals surface area contributed by atoms with E-state index in [0.29, 0.717) is 6.61 Å². The summed E-state index contributed by atoms with van der Waals surface area (Å²) in [5, 5.41) is 25.0. The molecule has 0 radical (unpaired) electrons. The molecule has 0 aromatic rings. The van der Waals surface area contributed by atoms with Crippen molar-refractivity contribution >= 4 is 16.7 Å². The zero-order chi connectivity index (χ0) is 26.1. The van der Waals surface area contributed by atoms with E-state index in [1.165, 1.54) is 44.9 Å². The molecule has 0 aliphatic heterocycles. The van der Waals surface area contributed by atoms with Crippen molar-refractivity contribution in [2.24, 2.45) is 0 Å². The van der Waals surface area contributed by atoms with Crippen LogP contribution in [0.15, 0.2) is 0 Å². The number of hydrogen-bond acceptors (Lipinski definition) is 8. The quantitative estimate of drug-likeness (QED) is 0.149. The van der Waals surface area contributed by atoms with Gasteiger partial charge in [-0.05, 0) is 39.5 Å². The van der Waals surface area contributed by atoms with Crippen LogP contribution in [0.2, 0.25) is 0 Å². The van der Waals surface area contributed by atoms with Gasteiger partial charge in [0.25, 0.3) is 0 Å². The SMILES string of the molecule is C.CCCCCCC=O.CCCCCCCO.CCOS(=O)(=O)OCC.OCCCCCCO. The van der Waals surface area contributed by atoms with Crippen LogP contribution in [0.25, 0.3) is 0 Å². The van der Waals surface area contributed by atoms with Crippen LogP contribution >= 0.6 is 0 Å². The normalized spacial score (nSPS) is 9.85.